The Bertz CT molecular complexity index is 440. The number of halogens is 2. The molecular formula is C12H18F2N4O. The second-order valence-corrected chi connectivity index (χ2v) is 4.05. The summed E-state index contributed by atoms with van der Waals surface area (Å²) in [5.74, 6) is 4.57. The van der Waals surface area contributed by atoms with Crippen LogP contribution in [0.4, 0.5) is 8.78 Å². The molecule has 1 unspecified atom stereocenters. The van der Waals surface area contributed by atoms with Crippen LogP contribution in [-0.2, 0) is 11.3 Å². The molecule has 0 bridgehead atoms. The van der Waals surface area contributed by atoms with Crippen molar-refractivity contribution in [2.24, 2.45) is 10.8 Å². The van der Waals surface area contributed by atoms with Gasteiger partial charge in [-0.1, -0.05) is 0 Å². The molecule has 1 aromatic rings. The summed E-state index contributed by atoms with van der Waals surface area (Å²) < 4.78 is 31.3. The number of nitrogens with one attached hydrogen (secondary N) is 2. The van der Waals surface area contributed by atoms with Gasteiger partial charge in [0.1, 0.15) is 11.6 Å². The van der Waals surface area contributed by atoms with Crippen molar-refractivity contribution in [2.75, 3.05) is 13.7 Å². The molecule has 0 aliphatic rings. The number of hydrazine groups is 1. The Balaban J connectivity index is 2.68. The first-order chi connectivity index (χ1) is 9.06. The molecule has 0 aromatic heterocycles. The summed E-state index contributed by atoms with van der Waals surface area (Å²) in [5.41, 5.74) is 2.52. The van der Waals surface area contributed by atoms with Gasteiger partial charge in [-0.3, -0.25) is 5.43 Å². The van der Waals surface area contributed by atoms with Crippen LogP contribution < -0.4 is 16.6 Å². The molecule has 0 amide bonds. The van der Waals surface area contributed by atoms with E-state index in [0.29, 0.717) is 6.61 Å². The van der Waals surface area contributed by atoms with Crippen LogP contribution in [0.3, 0.4) is 0 Å². The van der Waals surface area contributed by atoms with Crippen LogP contribution in [0.25, 0.3) is 0 Å². The maximum atomic E-state index is 13.4. The molecule has 5 nitrogen and oxygen atoms in total. The Hall–Kier alpha value is -1.73. The molecule has 0 aliphatic heterocycles. The van der Waals surface area contributed by atoms with Crippen molar-refractivity contribution in [3.05, 3.63) is 35.4 Å². The summed E-state index contributed by atoms with van der Waals surface area (Å²) in [6.07, 6.45) is 0. The lowest BCUT2D eigenvalue weighted by Gasteiger charge is -2.15. The number of rotatable bonds is 5. The van der Waals surface area contributed by atoms with E-state index in [4.69, 9.17) is 10.6 Å². The Labute approximate surface area is 110 Å². The third-order valence-electron chi connectivity index (χ3n) is 2.35. The Kier molecular flexibility index (Phi) is 6.17. The van der Waals surface area contributed by atoms with E-state index in [2.05, 4.69) is 15.7 Å². The Morgan fingerprint density at radius 3 is 2.84 bits per heavy atom. The number of hydrogen-bond donors (Lipinski definition) is 3. The van der Waals surface area contributed by atoms with Crippen molar-refractivity contribution < 1.29 is 13.5 Å². The molecule has 0 saturated heterocycles. The van der Waals surface area contributed by atoms with Crippen molar-refractivity contribution in [3.63, 3.8) is 0 Å². The second-order valence-electron chi connectivity index (χ2n) is 4.05. The first kappa shape index (κ1) is 15.3. The largest absolute Gasteiger partial charge is 0.383 e. The molecule has 106 valence electrons. The molecule has 0 spiro atoms. The summed E-state index contributed by atoms with van der Waals surface area (Å²) in [4.78, 5) is 4.04. The number of ether oxygens (including phenoxy) is 1. The molecule has 0 heterocycles. The highest BCUT2D eigenvalue weighted by Gasteiger charge is 2.06. The van der Waals surface area contributed by atoms with E-state index in [-0.39, 0.29) is 24.1 Å². The van der Waals surface area contributed by atoms with Crippen LogP contribution in [0, 0.1) is 11.6 Å². The number of nitrogens with two attached hydrogens (primary N) is 1. The van der Waals surface area contributed by atoms with E-state index in [0.717, 1.165) is 18.2 Å². The minimum atomic E-state index is -0.508. The van der Waals surface area contributed by atoms with E-state index in [1.165, 1.54) is 0 Å². The summed E-state index contributed by atoms with van der Waals surface area (Å²) in [6.45, 7) is 2.32. The first-order valence-corrected chi connectivity index (χ1v) is 5.77. The standard InChI is InChI=1S/C12H18F2N4O/c1-8(7-19-2)17-12(18-15)16-6-9-5-10(13)3-4-11(9)14/h3-5,8H,6-7,15H2,1-2H3,(H2,16,17,18). The van der Waals surface area contributed by atoms with Crippen LogP contribution in [0.2, 0.25) is 0 Å². The predicted molar refractivity (Wildman–Crippen MR) is 69.3 cm³/mol. The van der Waals surface area contributed by atoms with E-state index < -0.39 is 11.6 Å². The van der Waals surface area contributed by atoms with Gasteiger partial charge in [0.05, 0.1) is 13.2 Å². The van der Waals surface area contributed by atoms with Crippen LogP contribution >= 0.6 is 0 Å². The zero-order valence-electron chi connectivity index (χ0n) is 10.9. The van der Waals surface area contributed by atoms with Crippen LogP contribution in [0.5, 0.6) is 0 Å². The minimum absolute atomic E-state index is 0.0165. The zero-order chi connectivity index (χ0) is 14.3. The smallest absolute Gasteiger partial charge is 0.206 e. The topological polar surface area (TPSA) is 71.7 Å². The lowest BCUT2D eigenvalue weighted by atomic mass is 10.2. The van der Waals surface area contributed by atoms with Crippen molar-refractivity contribution in [3.8, 4) is 0 Å². The lowest BCUT2D eigenvalue weighted by molar-refractivity contribution is 0.179. The highest BCUT2D eigenvalue weighted by Crippen LogP contribution is 2.10. The lowest BCUT2D eigenvalue weighted by Crippen LogP contribution is -2.46. The van der Waals surface area contributed by atoms with Gasteiger partial charge in [-0.2, -0.15) is 0 Å². The van der Waals surface area contributed by atoms with Gasteiger partial charge in [0.25, 0.3) is 0 Å². The molecule has 1 aromatic carbocycles. The molecule has 1 rings (SSSR count). The van der Waals surface area contributed by atoms with Gasteiger partial charge in [-0.25, -0.2) is 19.6 Å². The molecule has 0 radical (unpaired) electrons. The summed E-state index contributed by atoms with van der Waals surface area (Å²) in [5, 5.41) is 2.94. The van der Waals surface area contributed by atoms with Gasteiger partial charge < -0.3 is 10.1 Å². The highest BCUT2D eigenvalue weighted by molar-refractivity contribution is 5.79. The van der Waals surface area contributed by atoms with Crippen molar-refractivity contribution in [2.45, 2.75) is 19.5 Å². The average Bonchev–Trinajstić information content (AvgIpc) is 2.38. The van der Waals surface area contributed by atoms with Crippen LogP contribution in [0.1, 0.15) is 12.5 Å². The molecule has 1 atom stereocenters. The van der Waals surface area contributed by atoms with Crippen LogP contribution in [-0.4, -0.2) is 25.7 Å². The predicted octanol–water partition coefficient (Wildman–Crippen LogP) is 0.909. The van der Waals surface area contributed by atoms with Gasteiger partial charge >= 0.3 is 0 Å². The van der Waals surface area contributed by atoms with E-state index in [1.807, 2.05) is 6.92 Å². The van der Waals surface area contributed by atoms with E-state index in [1.54, 1.807) is 7.11 Å². The fraction of sp³-hybridized carbons (Fsp3) is 0.417. The fourth-order valence-corrected chi connectivity index (χ4v) is 1.49. The zero-order valence-corrected chi connectivity index (χ0v) is 10.9. The monoisotopic (exact) mass is 272 g/mol. The van der Waals surface area contributed by atoms with Crippen molar-refractivity contribution in [1.29, 1.82) is 0 Å². The highest BCUT2D eigenvalue weighted by atomic mass is 19.1. The normalized spacial score (nSPS) is 13.2. The number of nitrogens with zero attached hydrogens (tertiary/aromatic N) is 1. The van der Waals surface area contributed by atoms with Crippen molar-refractivity contribution in [1.82, 2.24) is 10.7 Å². The summed E-state index contributed by atoms with van der Waals surface area (Å²) >= 11 is 0. The number of methoxy groups -OCH3 is 1. The van der Waals surface area contributed by atoms with Crippen LogP contribution in [0.15, 0.2) is 23.2 Å². The maximum Gasteiger partial charge on any atom is 0.206 e. The number of benzene rings is 1. The molecule has 7 heteroatoms. The SMILES string of the molecule is COCC(C)NC(=NCc1cc(F)ccc1F)NN. The van der Waals surface area contributed by atoms with Gasteiger partial charge in [-0.15, -0.1) is 0 Å². The van der Waals surface area contributed by atoms with E-state index in [9.17, 15) is 8.78 Å². The average molecular weight is 272 g/mol. The Morgan fingerprint density at radius 1 is 1.47 bits per heavy atom. The van der Waals surface area contributed by atoms with E-state index >= 15 is 0 Å². The number of guanidine groups is 1. The molecule has 0 aliphatic carbocycles. The quantitative estimate of drug-likeness (QED) is 0.322. The van der Waals surface area contributed by atoms with Gasteiger partial charge in [0.2, 0.25) is 5.96 Å². The van der Waals surface area contributed by atoms with Gasteiger partial charge in [0.15, 0.2) is 0 Å². The molecular weight excluding hydrogens is 254 g/mol. The molecule has 19 heavy (non-hydrogen) atoms. The first-order valence-electron chi connectivity index (χ1n) is 5.77. The third kappa shape index (κ3) is 5.19. The minimum Gasteiger partial charge on any atom is -0.383 e. The second kappa shape index (κ2) is 7.65. The number of aliphatic imine (C=N–C) groups is 1. The third-order valence-corrected chi connectivity index (χ3v) is 2.35. The molecule has 0 fully saturated rings. The molecule has 4 N–H and O–H groups in total. The van der Waals surface area contributed by atoms with Gasteiger partial charge in [-0.05, 0) is 25.1 Å². The van der Waals surface area contributed by atoms with Crippen molar-refractivity contribution >= 4 is 5.96 Å². The fourth-order valence-electron chi connectivity index (χ4n) is 1.49. The Morgan fingerprint density at radius 2 is 2.21 bits per heavy atom. The summed E-state index contributed by atoms with van der Waals surface area (Å²) in [6, 6.07) is 3.21. The molecule has 0 saturated carbocycles. The summed E-state index contributed by atoms with van der Waals surface area (Å²) in [7, 11) is 1.58. The maximum absolute atomic E-state index is 13.4. The number of hydrogen-bond acceptors (Lipinski definition) is 3. The van der Waals surface area contributed by atoms with Gasteiger partial charge in [0, 0.05) is 18.7 Å².